The standard InChI is InChI=1S/C15H24N4S.HI/c1-15(2,3)12-10-20-13(19-12)9-17-14(16-4)18-11-7-5-6-8-11;/h5-6,10-11H,7-9H2,1-4H3,(H2,16,17,18);1H. The highest BCUT2D eigenvalue weighted by Gasteiger charge is 2.17. The lowest BCUT2D eigenvalue weighted by atomic mass is 9.93. The van der Waals surface area contributed by atoms with Gasteiger partial charge in [0.25, 0.3) is 0 Å². The minimum atomic E-state index is 0. The largest absolute Gasteiger partial charge is 0.353 e. The van der Waals surface area contributed by atoms with Crippen molar-refractivity contribution in [3.05, 3.63) is 28.2 Å². The van der Waals surface area contributed by atoms with Crippen molar-refractivity contribution in [2.75, 3.05) is 7.05 Å². The summed E-state index contributed by atoms with van der Waals surface area (Å²) in [6, 6.07) is 0.475. The summed E-state index contributed by atoms with van der Waals surface area (Å²) in [7, 11) is 1.81. The lowest BCUT2D eigenvalue weighted by Gasteiger charge is -2.16. The average molecular weight is 420 g/mol. The predicted octanol–water partition coefficient (Wildman–Crippen LogP) is 3.44. The Morgan fingerprint density at radius 2 is 2.05 bits per heavy atom. The molecule has 0 saturated heterocycles. The maximum atomic E-state index is 4.68. The topological polar surface area (TPSA) is 49.3 Å². The number of nitrogens with zero attached hydrogens (tertiary/aromatic N) is 2. The first kappa shape index (κ1) is 18.4. The molecular weight excluding hydrogens is 395 g/mol. The van der Waals surface area contributed by atoms with Crippen LogP contribution in [-0.4, -0.2) is 24.0 Å². The Bertz CT molecular complexity index is 494. The van der Waals surface area contributed by atoms with Crippen LogP contribution in [0.5, 0.6) is 0 Å². The molecule has 1 aromatic heterocycles. The van der Waals surface area contributed by atoms with Gasteiger partial charge in [-0.1, -0.05) is 32.9 Å². The zero-order valence-electron chi connectivity index (χ0n) is 13.1. The molecule has 6 heteroatoms. The van der Waals surface area contributed by atoms with Crippen molar-refractivity contribution in [1.82, 2.24) is 15.6 Å². The number of nitrogens with one attached hydrogen (secondary N) is 2. The van der Waals surface area contributed by atoms with Gasteiger partial charge in [-0.05, 0) is 12.8 Å². The van der Waals surface area contributed by atoms with Crippen LogP contribution in [0.1, 0.15) is 44.3 Å². The van der Waals surface area contributed by atoms with E-state index in [-0.39, 0.29) is 29.4 Å². The fraction of sp³-hybridized carbons (Fsp3) is 0.600. The third-order valence-electron chi connectivity index (χ3n) is 3.30. The summed E-state index contributed by atoms with van der Waals surface area (Å²) in [6.45, 7) is 7.28. The lowest BCUT2D eigenvalue weighted by Crippen LogP contribution is -2.42. The monoisotopic (exact) mass is 420 g/mol. The summed E-state index contributed by atoms with van der Waals surface area (Å²) in [6.07, 6.45) is 6.57. The molecule has 21 heavy (non-hydrogen) atoms. The molecule has 0 fully saturated rings. The van der Waals surface area contributed by atoms with E-state index in [0.717, 1.165) is 36.0 Å². The van der Waals surface area contributed by atoms with Crippen molar-refractivity contribution in [3.8, 4) is 0 Å². The van der Waals surface area contributed by atoms with Crippen molar-refractivity contribution >= 4 is 41.3 Å². The summed E-state index contributed by atoms with van der Waals surface area (Å²) in [5.74, 6) is 0.853. The Hall–Kier alpha value is -0.630. The first-order valence-electron chi connectivity index (χ1n) is 7.06. The SMILES string of the molecule is CN=C(NCc1nc(C(C)(C)C)cs1)NC1CC=CC1.I. The number of hydrogen-bond donors (Lipinski definition) is 2. The van der Waals surface area contributed by atoms with Gasteiger partial charge < -0.3 is 10.6 Å². The number of halogens is 1. The molecule has 0 radical (unpaired) electrons. The quantitative estimate of drug-likeness (QED) is 0.341. The van der Waals surface area contributed by atoms with Crippen LogP contribution in [-0.2, 0) is 12.0 Å². The maximum Gasteiger partial charge on any atom is 0.191 e. The van der Waals surface area contributed by atoms with E-state index in [2.05, 4.69) is 58.9 Å². The minimum Gasteiger partial charge on any atom is -0.353 e. The van der Waals surface area contributed by atoms with E-state index < -0.39 is 0 Å². The normalized spacial score (nSPS) is 15.9. The van der Waals surface area contributed by atoms with Crippen molar-refractivity contribution in [1.29, 1.82) is 0 Å². The Labute approximate surface area is 148 Å². The van der Waals surface area contributed by atoms with E-state index in [4.69, 9.17) is 0 Å². The number of aromatic nitrogens is 1. The summed E-state index contributed by atoms with van der Waals surface area (Å²) >= 11 is 1.70. The van der Waals surface area contributed by atoms with Crippen molar-refractivity contribution < 1.29 is 0 Å². The minimum absolute atomic E-state index is 0. The molecule has 1 aliphatic carbocycles. The van der Waals surface area contributed by atoms with Gasteiger partial charge in [0.15, 0.2) is 5.96 Å². The second-order valence-electron chi connectivity index (χ2n) is 6.09. The molecule has 0 amide bonds. The van der Waals surface area contributed by atoms with E-state index in [0.29, 0.717) is 6.04 Å². The van der Waals surface area contributed by atoms with Gasteiger partial charge in [0.05, 0.1) is 12.2 Å². The molecule has 1 aliphatic rings. The van der Waals surface area contributed by atoms with Crippen LogP contribution < -0.4 is 10.6 Å². The summed E-state index contributed by atoms with van der Waals surface area (Å²) in [4.78, 5) is 8.95. The van der Waals surface area contributed by atoms with Crippen molar-refractivity contribution in [2.45, 2.75) is 51.6 Å². The molecule has 0 bridgehead atoms. The molecular formula is C15H25IN4S. The molecule has 2 N–H and O–H groups in total. The summed E-state index contributed by atoms with van der Waals surface area (Å²) < 4.78 is 0. The van der Waals surface area contributed by atoms with Crippen LogP contribution in [0.15, 0.2) is 22.5 Å². The smallest absolute Gasteiger partial charge is 0.191 e. The molecule has 1 aromatic rings. The molecule has 0 unspecified atom stereocenters. The van der Waals surface area contributed by atoms with E-state index in [1.165, 1.54) is 0 Å². The van der Waals surface area contributed by atoms with Gasteiger partial charge in [-0.3, -0.25) is 4.99 Å². The zero-order valence-corrected chi connectivity index (χ0v) is 16.3. The van der Waals surface area contributed by atoms with Crippen LogP contribution in [0, 0.1) is 0 Å². The van der Waals surface area contributed by atoms with E-state index in [1.54, 1.807) is 18.4 Å². The highest BCUT2D eigenvalue weighted by molar-refractivity contribution is 14.0. The molecule has 2 rings (SSSR count). The highest BCUT2D eigenvalue weighted by Crippen LogP contribution is 2.23. The fourth-order valence-corrected chi connectivity index (χ4v) is 2.98. The lowest BCUT2D eigenvalue weighted by molar-refractivity contribution is 0.570. The molecule has 0 aromatic carbocycles. The van der Waals surface area contributed by atoms with Gasteiger partial charge >= 0.3 is 0 Å². The van der Waals surface area contributed by atoms with Gasteiger partial charge in [0, 0.05) is 23.9 Å². The maximum absolute atomic E-state index is 4.68. The van der Waals surface area contributed by atoms with Crippen LogP contribution in [0.2, 0.25) is 0 Å². The Morgan fingerprint density at radius 3 is 2.57 bits per heavy atom. The van der Waals surface area contributed by atoms with E-state index >= 15 is 0 Å². The van der Waals surface area contributed by atoms with Crippen molar-refractivity contribution in [2.24, 2.45) is 4.99 Å². The van der Waals surface area contributed by atoms with Gasteiger partial charge in [0.2, 0.25) is 0 Å². The molecule has 0 saturated carbocycles. The first-order valence-corrected chi connectivity index (χ1v) is 7.94. The molecule has 118 valence electrons. The van der Waals surface area contributed by atoms with Crippen LogP contribution >= 0.6 is 35.3 Å². The Kier molecular flexibility index (Phi) is 7.12. The van der Waals surface area contributed by atoms with Gasteiger partial charge in [-0.15, -0.1) is 35.3 Å². The second-order valence-corrected chi connectivity index (χ2v) is 7.03. The second kappa shape index (κ2) is 8.12. The predicted molar refractivity (Wildman–Crippen MR) is 102 cm³/mol. The Morgan fingerprint density at radius 1 is 1.38 bits per heavy atom. The van der Waals surface area contributed by atoms with Gasteiger partial charge in [-0.2, -0.15) is 0 Å². The first-order chi connectivity index (χ1) is 9.49. The summed E-state index contributed by atoms with van der Waals surface area (Å²) in [5.41, 5.74) is 1.27. The number of guanidine groups is 1. The van der Waals surface area contributed by atoms with Crippen molar-refractivity contribution in [3.63, 3.8) is 0 Å². The van der Waals surface area contributed by atoms with Gasteiger partial charge in [-0.25, -0.2) is 4.98 Å². The molecule has 0 aliphatic heterocycles. The zero-order chi connectivity index (χ0) is 14.6. The molecule has 4 nitrogen and oxygen atoms in total. The third-order valence-corrected chi connectivity index (χ3v) is 4.15. The number of hydrogen-bond acceptors (Lipinski definition) is 3. The molecule has 1 heterocycles. The molecule has 0 atom stereocenters. The molecule has 0 spiro atoms. The average Bonchev–Trinajstić information content (AvgIpc) is 3.04. The highest BCUT2D eigenvalue weighted by atomic mass is 127. The van der Waals surface area contributed by atoms with Crippen LogP contribution in [0.3, 0.4) is 0 Å². The number of thiazole rings is 1. The Balaban J connectivity index is 0.00000220. The van der Waals surface area contributed by atoms with E-state index in [9.17, 15) is 0 Å². The van der Waals surface area contributed by atoms with Crippen LogP contribution in [0.25, 0.3) is 0 Å². The number of aliphatic imine (C=N–C) groups is 1. The fourth-order valence-electron chi connectivity index (χ4n) is 2.02. The van der Waals surface area contributed by atoms with E-state index in [1.807, 2.05) is 0 Å². The summed E-state index contributed by atoms with van der Waals surface area (Å²) in [5, 5.41) is 10.0. The number of rotatable bonds is 3. The van der Waals surface area contributed by atoms with Gasteiger partial charge in [0.1, 0.15) is 5.01 Å². The third kappa shape index (κ3) is 5.58. The van der Waals surface area contributed by atoms with Crippen LogP contribution in [0.4, 0.5) is 0 Å².